The standard InChI is InChI=1S/C57H45N5O14/c63-50(35-19-7-1-8-20-35)61-48-43-49(59-33-58-48)62(34-60-43)51-46(75-55(67)39-27-15-5-16-28-39)44(73-53(65)37-23-11-3-12-24-37)41(71-51)32-70-57-47(76-56(68)40-29-17-6-18-30-40)45(74-54(66)38-25-13-4-14-26-38)42(72-57)31-69-52(64)36-21-9-2-10-22-36/h1-30,33-34,41-42,44-47,51,57H,31-32H2,(H,58,59,61,63)/t41-,42-,44-,45-,46-,47-,51-,57-/m1/s1. The van der Waals surface area contributed by atoms with Gasteiger partial charge in [0, 0.05) is 5.56 Å². The zero-order valence-electron chi connectivity index (χ0n) is 40.0. The van der Waals surface area contributed by atoms with Crippen LogP contribution in [0, 0.1) is 0 Å². The van der Waals surface area contributed by atoms with Crippen molar-refractivity contribution >= 4 is 52.7 Å². The zero-order chi connectivity index (χ0) is 52.4. The maximum atomic E-state index is 14.1. The Kier molecular flexibility index (Phi) is 15.3. The predicted molar refractivity (Wildman–Crippen MR) is 268 cm³/mol. The minimum Gasteiger partial charge on any atom is -0.459 e. The Balaban J connectivity index is 1.01. The van der Waals surface area contributed by atoms with Crippen molar-refractivity contribution in [1.82, 2.24) is 19.5 Å². The summed E-state index contributed by atoms with van der Waals surface area (Å²) in [6, 6.07) is 49.0. The van der Waals surface area contributed by atoms with E-state index >= 15 is 0 Å². The van der Waals surface area contributed by atoms with Gasteiger partial charge in [-0.05, 0) is 72.8 Å². The lowest BCUT2D eigenvalue weighted by atomic mass is 10.1. The molecule has 382 valence electrons. The predicted octanol–water partition coefficient (Wildman–Crippen LogP) is 7.48. The molecule has 4 heterocycles. The van der Waals surface area contributed by atoms with Gasteiger partial charge >= 0.3 is 29.8 Å². The summed E-state index contributed by atoms with van der Waals surface area (Å²) < 4.78 is 51.5. The fraction of sp³-hybridized carbons (Fsp3) is 0.175. The molecule has 76 heavy (non-hydrogen) atoms. The van der Waals surface area contributed by atoms with E-state index in [-0.39, 0.29) is 44.8 Å². The van der Waals surface area contributed by atoms with Crippen LogP contribution >= 0.6 is 0 Å². The number of nitrogens with one attached hydrogen (secondary N) is 1. The van der Waals surface area contributed by atoms with Gasteiger partial charge in [0.25, 0.3) is 5.91 Å². The maximum absolute atomic E-state index is 14.1. The van der Waals surface area contributed by atoms with E-state index in [0.717, 1.165) is 0 Å². The molecule has 0 unspecified atom stereocenters. The number of rotatable bonds is 17. The number of fused-ring (bicyclic) bond motifs is 1. The number of aromatic nitrogens is 4. The van der Waals surface area contributed by atoms with E-state index < -0.39 is 98.1 Å². The molecule has 2 aliphatic rings. The number of imidazole rings is 1. The van der Waals surface area contributed by atoms with Crippen LogP contribution in [-0.4, -0.2) is 111 Å². The van der Waals surface area contributed by atoms with E-state index in [2.05, 4.69) is 20.3 Å². The summed E-state index contributed by atoms with van der Waals surface area (Å²) in [6.45, 7) is -1.04. The number of carbonyl (C=O) groups is 6. The highest BCUT2D eigenvalue weighted by Gasteiger charge is 2.55. The molecular formula is C57H45N5O14. The van der Waals surface area contributed by atoms with Crippen LogP contribution in [0.15, 0.2) is 195 Å². The summed E-state index contributed by atoms with van der Waals surface area (Å²) in [5.74, 6) is -4.40. The van der Waals surface area contributed by atoms with Crippen LogP contribution in [0.4, 0.5) is 5.82 Å². The van der Waals surface area contributed by atoms with Gasteiger partial charge < -0.3 is 43.2 Å². The normalized spacial score (nSPS) is 20.7. The zero-order valence-corrected chi connectivity index (χ0v) is 40.0. The van der Waals surface area contributed by atoms with Crippen molar-refractivity contribution in [2.24, 2.45) is 0 Å². The average molecular weight is 1020 g/mol. The molecule has 19 heteroatoms. The Morgan fingerprint density at radius 2 is 0.855 bits per heavy atom. The molecule has 2 saturated heterocycles. The van der Waals surface area contributed by atoms with Gasteiger partial charge in [0.05, 0.1) is 40.8 Å². The third-order valence-electron chi connectivity index (χ3n) is 12.3. The van der Waals surface area contributed by atoms with E-state index in [9.17, 15) is 28.8 Å². The molecule has 10 rings (SSSR count). The van der Waals surface area contributed by atoms with Gasteiger partial charge in [-0.15, -0.1) is 0 Å². The Hall–Kier alpha value is -9.43. The summed E-state index contributed by atoms with van der Waals surface area (Å²) in [5, 5.41) is 2.77. The van der Waals surface area contributed by atoms with Crippen molar-refractivity contribution in [3.05, 3.63) is 228 Å². The second-order valence-electron chi connectivity index (χ2n) is 17.2. The molecule has 6 aromatic carbocycles. The molecule has 0 spiro atoms. The van der Waals surface area contributed by atoms with Gasteiger partial charge in [0.1, 0.15) is 25.1 Å². The fourth-order valence-corrected chi connectivity index (χ4v) is 8.53. The third kappa shape index (κ3) is 11.4. The lowest BCUT2D eigenvalue weighted by Crippen LogP contribution is -2.44. The number of anilines is 1. The first-order chi connectivity index (χ1) is 37.2. The van der Waals surface area contributed by atoms with Crippen LogP contribution in [0.2, 0.25) is 0 Å². The molecule has 0 aliphatic carbocycles. The van der Waals surface area contributed by atoms with Gasteiger partial charge in [0.2, 0.25) is 0 Å². The molecule has 0 saturated carbocycles. The molecule has 0 radical (unpaired) electrons. The maximum Gasteiger partial charge on any atom is 0.338 e. The van der Waals surface area contributed by atoms with Crippen LogP contribution < -0.4 is 5.32 Å². The molecule has 1 N–H and O–H groups in total. The van der Waals surface area contributed by atoms with Crippen molar-refractivity contribution in [3.8, 4) is 0 Å². The highest BCUT2D eigenvalue weighted by molar-refractivity contribution is 6.06. The number of hydrogen-bond donors (Lipinski definition) is 1. The molecule has 0 bridgehead atoms. The molecular weight excluding hydrogens is 979 g/mol. The van der Waals surface area contributed by atoms with Crippen LogP contribution in [-0.2, 0) is 37.9 Å². The number of benzene rings is 6. The van der Waals surface area contributed by atoms with Gasteiger partial charge in [-0.2, -0.15) is 0 Å². The summed E-state index contributed by atoms with van der Waals surface area (Å²) in [5.41, 5.74) is 1.47. The highest BCUT2D eigenvalue weighted by Crippen LogP contribution is 2.39. The van der Waals surface area contributed by atoms with E-state index in [4.69, 9.17) is 37.9 Å². The number of esters is 5. The first kappa shape index (κ1) is 50.1. The van der Waals surface area contributed by atoms with E-state index in [1.165, 1.54) is 53.6 Å². The van der Waals surface area contributed by atoms with Crippen molar-refractivity contribution in [2.75, 3.05) is 18.5 Å². The first-order valence-electron chi connectivity index (χ1n) is 23.9. The van der Waals surface area contributed by atoms with Gasteiger partial charge in [-0.1, -0.05) is 109 Å². The van der Waals surface area contributed by atoms with Gasteiger partial charge in [-0.25, -0.2) is 38.9 Å². The van der Waals surface area contributed by atoms with Gasteiger partial charge in [-0.3, -0.25) is 9.36 Å². The summed E-state index contributed by atoms with van der Waals surface area (Å²) in [7, 11) is 0. The lowest BCUT2D eigenvalue weighted by Gasteiger charge is -2.26. The van der Waals surface area contributed by atoms with Crippen molar-refractivity contribution in [2.45, 2.75) is 49.1 Å². The first-order valence-corrected chi connectivity index (χ1v) is 23.9. The Labute approximate surface area is 433 Å². The second kappa shape index (κ2) is 23.2. The number of carbonyl (C=O) groups excluding carboxylic acids is 6. The van der Waals surface area contributed by atoms with Crippen molar-refractivity contribution in [1.29, 1.82) is 0 Å². The molecule has 8 aromatic rings. The Morgan fingerprint density at radius 1 is 0.447 bits per heavy atom. The van der Waals surface area contributed by atoms with Crippen LogP contribution in [0.25, 0.3) is 11.2 Å². The molecule has 2 fully saturated rings. The second-order valence-corrected chi connectivity index (χ2v) is 17.2. The minimum atomic E-state index is -1.59. The minimum absolute atomic E-state index is 0.0568. The Morgan fingerprint density at radius 3 is 1.34 bits per heavy atom. The largest absolute Gasteiger partial charge is 0.459 e. The quantitative estimate of drug-likeness (QED) is 0.0688. The molecule has 19 nitrogen and oxygen atoms in total. The lowest BCUT2D eigenvalue weighted by molar-refractivity contribution is -0.191. The topological polar surface area (TPSA) is 232 Å². The monoisotopic (exact) mass is 1020 g/mol. The van der Waals surface area contributed by atoms with E-state index in [1.54, 1.807) is 146 Å². The summed E-state index contributed by atoms with van der Waals surface area (Å²) in [6.07, 6.45) is -8.96. The molecule has 2 aromatic heterocycles. The van der Waals surface area contributed by atoms with Crippen molar-refractivity contribution < 1.29 is 66.7 Å². The van der Waals surface area contributed by atoms with Crippen molar-refractivity contribution in [3.63, 3.8) is 0 Å². The van der Waals surface area contributed by atoms with E-state index in [1.807, 2.05) is 0 Å². The Bertz CT molecular complexity index is 3320. The SMILES string of the molecule is O=C(Nc1ncnc2c1ncn2[C@@H]1O[C@H](CO[C@@H]2O[C@H](COC(=O)c3ccccc3)[C@@H](OC(=O)c3ccccc3)[C@H]2OC(=O)c2ccccc2)[C@@H](OC(=O)c2ccccc2)[C@H]1OC(=O)c1ccccc1)c1ccccc1. The number of ether oxygens (including phenoxy) is 8. The fourth-order valence-electron chi connectivity index (χ4n) is 8.53. The summed E-state index contributed by atoms with van der Waals surface area (Å²) in [4.78, 5) is 95.9. The average Bonchev–Trinajstić information content (AvgIpc) is 4.16. The van der Waals surface area contributed by atoms with Crippen LogP contribution in [0.5, 0.6) is 0 Å². The summed E-state index contributed by atoms with van der Waals surface area (Å²) >= 11 is 0. The number of amides is 1. The van der Waals surface area contributed by atoms with Crippen LogP contribution in [0.1, 0.15) is 68.4 Å². The van der Waals surface area contributed by atoms with Crippen LogP contribution in [0.3, 0.4) is 0 Å². The third-order valence-corrected chi connectivity index (χ3v) is 12.3. The smallest absolute Gasteiger partial charge is 0.338 e. The number of nitrogens with zero attached hydrogens (tertiary/aromatic N) is 4. The van der Waals surface area contributed by atoms with E-state index in [0.29, 0.717) is 5.56 Å². The molecule has 2 aliphatic heterocycles. The molecule has 8 atom stereocenters. The number of hydrogen-bond acceptors (Lipinski definition) is 17. The molecule has 1 amide bonds. The highest BCUT2D eigenvalue weighted by atomic mass is 16.7. The van der Waals surface area contributed by atoms with Gasteiger partial charge in [0.15, 0.2) is 53.9 Å².